The SMILES string of the molecule is Cc1nn(C)c(C)c1NC(C)c1cccc(OC(F)F)c1. The predicted molar refractivity (Wildman–Crippen MR) is 77.8 cm³/mol. The number of ether oxygens (including phenoxy) is 1. The van der Waals surface area contributed by atoms with Crippen LogP contribution in [0.15, 0.2) is 24.3 Å². The normalized spacial score (nSPS) is 12.5. The fourth-order valence-electron chi connectivity index (χ4n) is 2.24. The van der Waals surface area contributed by atoms with Crippen LogP contribution in [0.5, 0.6) is 5.75 Å². The van der Waals surface area contributed by atoms with Gasteiger partial charge in [0.05, 0.1) is 17.1 Å². The second-order valence-electron chi connectivity index (χ2n) is 4.99. The molecule has 0 aliphatic heterocycles. The number of benzene rings is 1. The Morgan fingerprint density at radius 1 is 1.29 bits per heavy atom. The summed E-state index contributed by atoms with van der Waals surface area (Å²) in [6.07, 6.45) is 0. The highest BCUT2D eigenvalue weighted by Gasteiger charge is 2.14. The molecule has 1 atom stereocenters. The minimum atomic E-state index is -2.81. The maximum absolute atomic E-state index is 12.3. The van der Waals surface area contributed by atoms with Crippen LogP contribution in [0.25, 0.3) is 0 Å². The lowest BCUT2D eigenvalue weighted by atomic mass is 10.1. The van der Waals surface area contributed by atoms with E-state index >= 15 is 0 Å². The van der Waals surface area contributed by atoms with Gasteiger partial charge in [0.1, 0.15) is 5.75 Å². The van der Waals surface area contributed by atoms with Crippen molar-refractivity contribution in [2.45, 2.75) is 33.4 Å². The van der Waals surface area contributed by atoms with Gasteiger partial charge in [-0.15, -0.1) is 0 Å². The van der Waals surface area contributed by atoms with Gasteiger partial charge in [0.2, 0.25) is 0 Å². The Bertz CT molecular complexity index is 625. The molecule has 1 aromatic heterocycles. The van der Waals surface area contributed by atoms with Crippen LogP contribution in [0.3, 0.4) is 0 Å². The van der Waals surface area contributed by atoms with E-state index in [-0.39, 0.29) is 11.8 Å². The summed E-state index contributed by atoms with van der Waals surface area (Å²) in [5.74, 6) is 0.163. The summed E-state index contributed by atoms with van der Waals surface area (Å²) in [5.41, 5.74) is 3.77. The smallest absolute Gasteiger partial charge is 0.387 e. The number of halogens is 2. The van der Waals surface area contributed by atoms with Gasteiger partial charge in [-0.25, -0.2) is 0 Å². The van der Waals surface area contributed by atoms with Gasteiger partial charge in [0.25, 0.3) is 0 Å². The van der Waals surface area contributed by atoms with Gasteiger partial charge >= 0.3 is 6.61 Å². The number of nitrogens with zero attached hydrogens (tertiary/aromatic N) is 2. The topological polar surface area (TPSA) is 39.1 Å². The van der Waals surface area contributed by atoms with E-state index in [0.29, 0.717) is 0 Å². The van der Waals surface area contributed by atoms with Crippen LogP contribution in [0.1, 0.15) is 29.9 Å². The number of hydrogen-bond donors (Lipinski definition) is 1. The van der Waals surface area contributed by atoms with Gasteiger partial charge in [-0.2, -0.15) is 13.9 Å². The van der Waals surface area contributed by atoms with E-state index in [1.54, 1.807) is 16.8 Å². The lowest BCUT2D eigenvalue weighted by molar-refractivity contribution is -0.0498. The molecular weight excluding hydrogens is 276 g/mol. The maximum atomic E-state index is 12.3. The second-order valence-corrected chi connectivity index (χ2v) is 4.99. The molecule has 6 heteroatoms. The van der Waals surface area contributed by atoms with E-state index in [0.717, 1.165) is 22.6 Å². The molecule has 0 bridgehead atoms. The van der Waals surface area contributed by atoms with E-state index in [4.69, 9.17) is 0 Å². The minimum Gasteiger partial charge on any atom is -0.435 e. The highest BCUT2D eigenvalue weighted by molar-refractivity contribution is 5.53. The molecule has 1 heterocycles. The summed E-state index contributed by atoms with van der Waals surface area (Å²) in [5, 5.41) is 7.71. The first-order valence-corrected chi connectivity index (χ1v) is 6.70. The Hall–Kier alpha value is -2.11. The van der Waals surface area contributed by atoms with Gasteiger partial charge in [-0.05, 0) is 38.5 Å². The van der Waals surface area contributed by atoms with Crippen molar-refractivity contribution >= 4 is 5.69 Å². The zero-order valence-electron chi connectivity index (χ0n) is 12.5. The zero-order chi connectivity index (χ0) is 15.6. The van der Waals surface area contributed by atoms with Crippen LogP contribution in [0.4, 0.5) is 14.5 Å². The third-order valence-electron chi connectivity index (χ3n) is 3.45. The second kappa shape index (κ2) is 6.11. The lowest BCUT2D eigenvalue weighted by Crippen LogP contribution is -2.09. The Kier molecular flexibility index (Phi) is 4.45. The van der Waals surface area contributed by atoms with Gasteiger partial charge in [-0.1, -0.05) is 12.1 Å². The molecule has 0 fully saturated rings. The quantitative estimate of drug-likeness (QED) is 0.911. The summed E-state index contributed by atoms with van der Waals surface area (Å²) >= 11 is 0. The average molecular weight is 295 g/mol. The van der Waals surface area contributed by atoms with Crippen molar-refractivity contribution in [2.75, 3.05) is 5.32 Å². The van der Waals surface area contributed by atoms with Gasteiger partial charge < -0.3 is 10.1 Å². The molecule has 1 aromatic carbocycles. The Morgan fingerprint density at radius 3 is 2.57 bits per heavy atom. The Labute approximate surface area is 122 Å². The average Bonchev–Trinajstić information content (AvgIpc) is 2.65. The molecule has 0 aliphatic carbocycles. The number of anilines is 1. The van der Waals surface area contributed by atoms with Crippen LogP contribution >= 0.6 is 0 Å². The summed E-state index contributed by atoms with van der Waals surface area (Å²) in [4.78, 5) is 0. The Balaban J connectivity index is 2.18. The van der Waals surface area contributed by atoms with Crippen LogP contribution < -0.4 is 10.1 Å². The first-order chi connectivity index (χ1) is 9.88. The number of hydrogen-bond acceptors (Lipinski definition) is 3. The number of alkyl halides is 2. The largest absolute Gasteiger partial charge is 0.435 e. The molecule has 2 rings (SSSR count). The van der Waals surface area contributed by atoms with Crippen molar-refractivity contribution in [1.29, 1.82) is 0 Å². The van der Waals surface area contributed by atoms with Crippen molar-refractivity contribution in [3.63, 3.8) is 0 Å². The van der Waals surface area contributed by atoms with E-state index in [9.17, 15) is 8.78 Å². The maximum Gasteiger partial charge on any atom is 0.387 e. The summed E-state index contributed by atoms with van der Waals surface area (Å²) in [7, 11) is 1.88. The monoisotopic (exact) mass is 295 g/mol. The van der Waals surface area contributed by atoms with Crippen LogP contribution in [-0.4, -0.2) is 16.4 Å². The highest BCUT2D eigenvalue weighted by Crippen LogP contribution is 2.27. The van der Waals surface area contributed by atoms with E-state index in [1.165, 1.54) is 6.07 Å². The molecular formula is C15H19F2N3O. The number of aromatic nitrogens is 2. The first kappa shape index (κ1) is 15.3. The molecule has 0 saturated heterocycles. The third-order valence-corrected chi connectivity index (χ3v) is 3.45. The predicted octanol–water partition coefficient (Wildman–Crippen LogP) is 3.81. The van der Waals surface area contributed by atoms with Crippen molar-refractivity contribution in [3.05, 3.63) is 41.2 Å². The molecule has 0 radical (unpaired) electrons. The molecule has 1 unspecified atom stereocenters. The van der Waals surface area contributed by atoms with Crippen molar-refractivity contribution in [1.82, 2.24) is 9.78 Å². The fourth-order valence-corrected chi connectivity index (χ4v) is 2.24. The lowest BCUT2D eigenvalue weighted by Gasteiger charge is -2.17. The molecule has 0 saturated carbocycles. The van der Waals surface area contributed by atoms with Crippen molar-refractivity contribution < 1.29 is 13.5 Å². The molecule has 2 aromatic rings. The van der Waals surface area contributed by atoms with E-state index in [1.807, 2.05) is 33.9 Å². The van der Waals surface area contributed by atoms with E-state index in [2.05, 4.69) is 15.2 Å². The first-order valence-electron chi connectivity index (χ1n) is 6.70. The Morgan fingerprint density at radius 2 is 2.00 bits per heavy atom. The summed E-state index contributed by atoms with van der Waals surface area (Å²) in [6.45, 7) is 3.06. The molecule has 0 amide bonds. The molecule has 21 heavy (non-hydrogen) atoms. The number of nitrogens with one attached hydrogen (secondary N) is 1. The van der Waals surface area contributed by atoms with Gasteiger partial charge in [0, 0.05) is 13.1 Å². The summed E-state index contributed by atoms with van der Waals surface area (Å²) < 4.78 is 30.8. The third kappa shape index (κ3) is 3.51. The fraction of sp³-hybridized carbons (Fsp3) is 0.400. The molecule has 0 spiro atoms. The molecule has 114 valence electrons. The van der Waals surface area contributed by atoms with Crippen LogP contribution in [-0.2, 0) is 7.05 Å². The van der Waals surface area contributed by atoms with Gasteiger partial charge in [0.15, 0.2) is 0 Å². The minimum absolute atomic E-state index is 0.0483. The molecule has 0 aliphatic rings. The van der Waals surface area contributed by atoms with Crippen molar-refractivity contribution in [3.8, 4) is 5.75 Å². The highest BCUT2D eigenvalue weighted by atomic mass is 19.3. The molecule has 1 N–H and O–H groups in total. The summed E-state index contributed by atoms with van der Waals surface area (Å²) in [6, 6.07) is 6.66. The standard InChI is InChI=1S/C15H19F2N3O/c1-9(18-14-10(2)19-20(4)11(14)3)12-6-5-7-13(8-12)21-15(16)17/h5-9,15,18H,1-4H3. The van der Waals surface area contributed by atoms with Crippen LogP contribution in [0, 0.1) is 13.8 Å². The van der Waals surface area contributed by atoms with Crippen LogP contribution in [0.2, 0.25) is 0 Å². The zero-order valence-corrected chi connectivity index (χ0v) is 12.5. The number of aryl methyl sites for hydroxylation is 2. The van der Waals surface area contributed by atoms with Gasteiger partial charge in [-0.3, -0.25) is 4.68 Å². The van der Waals surface area contributed by atoms with E-state index < -0.39 is 6.61 Å². The molecule has 4 nitrogen and oxygen atoms in total. The number of rotatable bonds is 5. The van der Waals surface area contributed by atoms with Crippen molar-refractivity contribution in [2.24, 2.45) is 7.05 Å².